The minimum absolute atomic E-state index is 0.0954. The second-order valence-electron chi connectivity index (χ2n) is 12.0. The van der Waals surface area contributed by atoms with E-state index in [2.05, 4.69) is 65.5 Å². The van der Waals surface area contributed by atoms with Crippen LogP contribution in [0.15, 0.2) is 0 Å². The van der Waals surface area contributed by atoms with Gasteiger partial charge in [-0.05, 0) is 104 Å². The summed E-state index contributed by atoms with van der Waals surface area (Å²) in [4.78, 5) is 0. The molecule has 0 saturated carbocycles. The maximum Gasteiger partial charge on any atom is 0.317 e. The van der Waals surface area contributed by atoms with Crippen LogP contribution in [0.25, 0.3) is 0 Å². The Morgan fingerprint density at radius 2 is 1.14 bits per heavy atom. The highest BCUT2D eigenvalue weighted by Gasteiger charge is 2.48. The highest BCUT2D eigenvalue weighted by molar-refractivity contribution is 6.90. The Labute approximate surface area is 221 Å². The van der Waals surface area contributed by atoms with Gasteiger partial charge in [0.05, 0.1) is 25.9 Å². The van der Waals surface area contributed by atoms with Crippen LogP contribution in [0.2, 0.25) is 77.6 Å². The van der Waals surface area contributed by atoms with Gasteiger partial charge in [0, 0.05) is 13.7 Å². The van der Waals surface area contributed by atoms with Crippen molar-refractivity contribution in [1.82, 2.24) is 0 Å². The summed E-state index contributed by atoms with van der Waals surface area (Å²) >= 11 is 0. The minimum atomic E-state index is -2.62. The van der Waals surface area contributed by atoms with Crippen molar-refractivity contribution in [2.24, 2.45) is 5.73 Å². The van der Waals surface area contributed by atoms with Crippen molar-refractivity contribution in [2.75, 3.05) is 40.1 Å². The maximum atomic E-state index is 7.03. The molecule has 0 aliphatic rings. The first kappa shape index (κ1) is 35.8. The van der Waals surface area contributed by atoms with Crippen LogP contribution in [-0.4, -0.2) is 88.5 Å². The lowest BCUT2D eigenvalue weighted by Gasteiger charge is -2.44. The van der Waals surface area contributed by atoms with E-state index < -0.39 is 42.3 Å². The van der Waals surface area contributed by atoms with E-state index in [1.807, 2.05) is 6.92 Å². The first-order valence-electron chi connectivity index (χ1n) is 13.0. The predicted molar refractivity (Wildman–Crippen MR) is 158 cm³/mol. The van der Waals surface area contributed by atoms with Crippen molar-refractivity contribution in [3.63, 3.8) is 0 Å². The molecule has 0 radical (unpaired) electrons. The number of methoxy groups -OCH3 is 1. The van der Waals surface area contributed by atoms with E-state index in [-0.39, 0.29) is 6.10 Å². The average Bonchev–Trinajstić information content (AvgIpc) is 2.63. The zero-order valence-corrected chi connectivity index (χ0v) is 29.9. The average molecular weight is 588 g/mol. The van der Waals surface area contributed by atoms with Crippen LogP contribution >= 0.6 is 0 Å². The van der Waals surface area contributed by atoms with Crippen molar-refractivity contribution in [1.29, 1.82) is 0 Å². The monoisotopic (exact) mass is 587 g/mol. The Morgan fingerprint density at radius 1 is 0.629 bits per heavy atom. The zero-order valence-electron chi connectivity index (χ0n) is 24.9. The van der Waals surface area contributed by atoms with Gasteiger partial charge in [-0.25, -0.2) is 0 Å². The number of hydrogen-bond acceptors (Lipinski definition) is 8. The van der Waals surface area contributed by atoms with Gasteiger partial charge in [-0.1, -0.05) is 0 Å². The maximum absolute atomic E-state index is 7.03. The van der Waals surface area contributed by atoms with E-state index in [1.54, 1.807) is 7.11 Å². The van der Waals surface area contributed by atoms with Crippen LogP contribution in [0, 0.1) is 0 Å². The smallest absolute Gasteiger partial charge is 0.317 e. The molecular weight excluding hydrogens is 531 g/mol. The summed E-state index contributed by atoms with van der Waals surface area (Å²) in [7, 11) is -9.35. The van der Waals surface area contributed by atoms with E-state index in [9.17, 15) is 0 Å². The predicted octanol–water partition coefficient (Wildman–Crippen LogP) is 5.38. The number of nitrogens with two attached hydrogens (primary N) is 1. The molecule has 0 fully saturated rings. The van der Waals surface area contributed by atoms with Crippen molar-refractivity contribution < 1.29 is 30.7 Å². The number of rotatable bonds is 21. The second kappa shape index (κ2) is 16.0. The Morgan fingerprint density at radius 3 is 1.66 bits per heavy atom. The summed E-state index contributed by atoms with van der Waals surface area (Å²) in [6, 6.07) is 1.71. The third-order valence-corrected chi connectivity index (χ3v) is 23.1. The fraction of sp³-hybridized carbons (Fsp3) is 1.00. The molecule has 3 unspecified atom stereocenters. The first-order valence-corrected chi connectivity index (χ1v) is 27.7. The Bertz CT molecular complexity index is 577. The fourth-order valence-electron chi connectivity index (χ4n) is 4.08. The standard InChI is InChI=1S/C22H57NO7Si5/c1-22(24-2)21-26-18-17-25-16-14-20-35(12,29-33(9,10)27-31(3,4)5)30-34(11,19-13-15-23)28-32(6,7)8/h22H,13-21,23H2,1-12H3. The molecule has 35 heavy (non-hydrogen) atoms. The Kier molecular flexibility index (Phi) is 16.4. The van der Waals surface area contributed by atoms with E-state index in [4.69, 9.17) is 36.4 Å². The Balaban J connectivity index is 5.28. The molecule has 0 bridgehead atoms. The Hall–Kier alpha value is 0.764. The first-order chi connectivity index (χ1) is 15.8. The molecule has 0 amide bonds. The van der Waals surface area contributed by atoms with E-state index >= 15 is 0 Å². The lowest BCUT2D eigenvalue weighted by atomic mass is 10.4. The van der Waals surface area contributed by atoms with E-state index in [0.717, 1.165) is 24.9 Å². The molecule has 0 aromatic rings. The van der Waals surface area contributed by atoms with Gasteiger partial charge in [-0.15, -0.1) is 0 Å². The molecule has 0 heterocycles. The summed E-state index contributed by atoms with van der Waals surface area (Å²) in [6.45, 7) is 26.9. The molecule has 8 nitrogen and oxygen atoms in total. The molecule has 0 aromatic heterocycles. The third kappa shape index (κ3) is 19.5. The van der Waals surface area contributed by atoms with Gasteiger partial charge in [0.2, 0.25) is 0 Å². The van der Waals surface area contributed by atoms with Gasteiger partial charge in [0.25, 0.3) is 0 Å². The van der Waals surface area contributed by atoms with Gasteiger partial charge in [-0.2, -0.15) is 0 Å². The van der Waals surface area contributed by atoms with Crippen molar-refractivity contribution in [2.45, 2.75) is 103 Å². The molecule has 0 saturated heterocycles. The summed E-state index contributed by atoms with van der Waals surface area (Å²) in [5.74, 6) is 0. The summed E-state index contributed by atoms with van der Waals surface area (Å²) < 4.78 is 43.8. The van der Waals surface area contributed by atoms with Gasteiger partial charge >= 0.3 is 25.7 Å². The summed E-state index contributed by atoms with van der Waals surface area (Å²) in [5.41, 5.74) is 5.87. The van der Waals surface area contributed by atoms with Gasteiger partial charge < -0.3 is 36.4 Å². The molecule has 0 aromatic carbocycles. The zero-order chi connectivity index (χ0) is 27.4. The molecule has 0 aliphatic carbocycles. The van der Waals surface area contributed by atoms with Gasteiger partial charge in [0.1, 0.15) is 0 Å². The molecule has 13 heteroatoms. The molecule has 0 spiro atoms. The summed E-state index contributed by atoms with van der Waals surface area (Å²) in [5, 5.41) is 0. The van der Waals surface area contributed by atoms with Crippen LogP contribution in [0.1, 0.15) is 19.8 Å². The fourth-order valence-corrected chi connectivity index (χ4v) is 27.9. The third-order valence-electron chi connectivity index (χ3n) is 4.85. The van der Waals surface area contributed by atoms with Crippen LogP contribution in [0.3, 0.4) is 0 Å². The molecule has 0 aliphatic heterocycles. The highest BCUT2D eigenvalue weighted by atomic mass is 28.5. The molecule has 212 valence electrons. The van der Waals surface area contributed by atoms with Crippen LogP contribution in [-0.2, 0) is 30.7 Å². The quantitative estimate of drug-likeness (QED) is 0.141. The van der Waals surface area contributed by atoms with E-state index in [0.29, 0.717) is 33.0 Å². The van der Waals surface area contributed by atoms with Gasteiger partial charge in [-0.3, -0.25) is 0 Å². The van der Waals surface area contributed by atoms with Crippen LogP contribution in [0.4, 0.5) is 0 Å². The molecule has 3 atom stereocenters. The highest BCUT2D eigenvalue weighted by Crippen LogP contribution is 2.31. The van der Waals surface area contributed by atoms with Crippen LogP contribution in [0.5, 0.6) is 0 Å². The van der Waals surface area contributed by atoms with E-state index in [1.165, 1.54) is 0 Å². The topological polar surface area (TPSA) is 90.6 Å². The van der Waals surface area contributed by atoms with Gasteiger partial charge in [0.15, 0.2) is 16.6 Å². The number of ether oxygens (including phenoxy) is 3. The SMILES string of the molecule is COC(C)COCCOCCC[Si](C)(O[Si](C)(C)O[Si](C)(C)C)O[Si](C)(CCCN)O[Si](C)(C)C. The lowest BCUT2D eigenvalue weighted by Crippen LogP contribution is -2.60. The number of hydrogen-bond donors (Lipinski definition) is 1. The minimum Gasteiger partial charge on any atom is -0.437 e. The van der Waals surface area contributed by atoms with Crippen molar-refractivity contribution in [3.05, 3.63) is 0 Å². The van der Waals surface area contributed by atoms with Crippen LogP contribution < -0.4 is 5.73 Å². The second-order valence-corrected chi connectivity index (χ2v) is 32.1. The largest absolute Gasteiger partial charge is 0.437 e. The van der Waals surface area contributed by atoms with Crippen molar-refractivity contribution in [3.8, 4) is 0 Å². The molecular formula is C22H57NO7Si5. The molecule has 0 rings (SSSR count). The molecule has 2 N–H and O–H groups in total. The summed E-state index contributed by atoms with van der Waals surface area (Å²) in [6.07, 6.45) is 1.86. The van der Waals surface area contributed by atoms with Crippen molar-refractivity contribution >= 4 is 42.3 Å². The normalized spacial score (nSPS) is 17.7. The lowest BCUT2D eigenvalue weighted by molar-refractivity contribution is -0.00632.